The average Bonchev–Trinajstić information content (AvgIpc) is 2.39. The van der Waals surface area contributed by atoms with Crippen molar-refractivity contribution in [2.24, 2.45) is 0 Å². The van der Waals surface area contributed by atoms with Crippen LogP contribution in [-0.2, 0) is 11.2 Å². The smallest absolute Gasteiger partial charge is 0.270 e. The van der Waals surface area contributed by atoms with Crippen molar-refractivity contribution in [3.8, 4) is 0 Å². The Hall–Kier alpha value is -1.66. The van der Waals surface area contributed by atoms with Gasteiger partial charge in [-0.1, -0.05) is 31.0 Å². The van der Waals surface area contributed by atoms with Crippen LogP contribution >= 0.6 is 11.6 Å². The predicted octanol–water partition coefficient (Wildman–Crippen LogP) is 2.07. The minimum absolute atomic E-state index is 0.0235. The quantitative estimate of drug-likeness (QED) is 0.595. The van der Waals surface area contributed by atoms with E-state index in [4.69, 9.17) is 11.6 Å². The molecule has 0 heterocycles. The number of halogens is 1. The number of carbonyl (C=O) groups is 1. The maximum atomic E-state index is 11.7. The minimum atomic E-state index is -0.559. The highest BCUT2D eigenvalue weighted by atomic mass is 35.5. The third-order valence-electron chi connectivity index (χ3n) is 2.76. The molecule has 0 aliphatic rings. The number of non-ortho nitro benzene ring substituents is 1. The maximum Gasteiger partial charge on any atom is 0.270 e. The molecule has 6 nitrogen and oxygen atoms in total. The highest BCUT2D eigenvalue weighted by Crippen LogP contribution is 2.22. The van der Waals surface area contributed by atoms with Crippen LogP contribution in [0.25, 0.3) is 0 Å². The van der Waals surface area contributed by atoms with Gasteiger partial charge < -0.3 is 10.4 Å². The number of nitro groups is 1. The summed E-state index contributed by atoms with van der Waals surface area (Å²) >= 11 is 5.90. The summed E-state index contributed by atoms with van der Waals surface area (Å²) in [6.45, 7) is 2.14. The van der Waals surface area contributed by atoms with Crippen molar-refractivity contribution in [3.63, 3.8) is 0 Å². The summed E-state index contributed by atoms with van der Waals surface area (Å²) in [5, 5.41) is 22.8. The van der Waals surface area contributed by atoms with Crippen molar-refractivity contribution < 1.29 is 14.8 Å². The third-order valence-corrected chi connectivity index (χ3v) is 3.11. The van der Waals surface area contributed by atoms with E-state index in [0.717, 1.165) is 6.42 Å². The number of nitro benzene ring substituents is 1. The van der Waals surface area contributed by atoms with E-state index in [0.29, 0.717) is 12.0 Å². The van der Waals surface area contributed by atoms with Gasteiger partial charge in [0.05, 0.1) is 22.5 Å². The Kier molecular flexibility index (Phi) is 6.41. The summed E-state index contributed by atoms with van der Waals surface area (Å²) in [4.78, 5) is 21.7. The molecule has 0 saturated heterocycles. The lowest BCUT2D eigenvalue weighted by Crippen LogP contribution is -2.33. The summed E-state index contributed by atoms with van der Waals surface area (Å²) in [5.74, 6) is -0.282. The van der Waals surface area contributed by atoms with E-state index in [2.05, 4.69) is 5.32 Å². The van der Waals surface area contributed by atoms with Crippen molar-refractivity contribution in [2.45, 2.75) is 32.3 Å². The van der Waals surface area contributed by atoms with Crippen molar-refractivity contribution >= 4 is 23.2 Å². The molecule has 2 N–H and O–H groups in total. The van der Waals surface area contributed by atoms with Crippen molar-refractivity contribution in [1.29, 1.82) is 0 Å². The first-order valence-corrected chi connectivity index (χ1v) is 6.69. The zero-order valence-electron chi connectivity index (χ0n) is 11.1. The molecule has 1 unspecified atom stereocenters. The van der Waals surface area contributed by atoms with Gasteiger partial charge in [-0.15, -0.1) is 0 Å². The molecule has 0 aromatic heterocycles. The molecule has 1 amide bonds. The fourth-order valence-electron chi connectivity index (χ4n) is 1.70. The zero-order valence-corrected chi connectivity index (χ0v) is 11.9. The fourth-order valence-corrected chi connectivity index (χ4v) is 1.94. The third kappa shape index (κ3) is 5.14. The highest BCUT2D eigenvalue weighted by Gasteiger charge is 2.13. The number of hydrogen-bond donors (Lipinski definition) is 2. The molecular weight excluding hydrogens is 284 g/mol. The first-order valence-electron chi connectivity index (χ1n) is 6.31. The summed E-state index contributed by atoms with van der Waals surface area (Å²) in [6, 6.07) is 3.99. The SMILES string of the molecule is CCCC(O)CNC(=O)Cc1ccc([N+](=O)[O-])cc1Cl. The van der Waals surface area contributed by atoms with E-state index in [1.165, 1.54) is 18.2 Å². The van der Waals surface area contributed by atoms with E-state index in [-0.39, 0.29) is 29.6 Å². The van der Waals surface area contributed by atoms with Crippen LogP contribution in [0, 0.1) is 10.1 Å². The van der Waals surface area contributed by atoms with Crippen LogP contribution < -0.4 is 5.32 Å². The van der Waals surface area contributed by atoms with Gasteiger partial charge in [0.1, 0.15) is 0 Å². The summed E-state index contributed by atoms with van der Waals surface area (Å²) in [7, 11) is 0. The Bertz CT molecular complexity index is 493. The van der Waals surface area contributed by atoms with E-state index < -0.39 is 11.0 Å². The minimum Gasteiger partial charge on any atom is -0.391 e. The van der Waals surface area contributed by atoms with Crippen LogP contribution in [0.1, 0.15) is 25.3 Å². The van der Waals surface area contributed by atoms with Gasteiger partial charge in [0.25, 0.3) is 5.69 Å². The Morgan fingerprint density at radius 1 is 1.55 bits per heavy atom. The summed E-state index contributed by atoms with van der Waals surface area (Å²) in [6.07, 6.45) is 0.927. The first-order chi connectivity index (χ1) is 9.43. The molecular formula is C13H17ClN2O4. The lowest BCUT2D eigenvalue weighted by molar-refractivity contribution is -0.384. The summed E-state index contributed by atoms with van der Waals surface area (Å²) in [5.41, 5.74) is 0.400. The Morgan fingerprint density at radius 3 is 2.80 bits per heavy atom. The fraction of sp³-hybridized carbons (Fsp3) is 0.462. The largest absolute Gasteiger partial charge is 0.391 e. The van der Waals surface area contributed by atoms with Crippen LogP contribution in [0.2, 0.25) is 5.02 Å². The normalized spacial score (nSPS) is 11.9. The maximum absolute atomic E-state index is 11.7. The second kappa shape index (κ2) is 7.81. The van der Waals surface area contributed by atoms with Gasteiger partial charge in [0.2, 0.25) is 5.91 Å². The molecule has 0 bridgehead atoms. The van der Waals surface area contributed by atoms with Gasteiger partial charge in [-0.05, 0) is 12.0 Å². The Labute approximate surface area is 121 Å². The standard InChI is InChI=1S/C13H17ClN2O4/c1-2-3-11(17)8-15-13(18)6-9-4-5-10(16(19)20)7-12(9)14/h4-5,7,11,17H,2-3,6,8H2,1H3,(H,15,18). The predicted molar refractivity (Wildman–Crippen MR) is 75.7 cm³/mol. The van der Waals surface area contributed by atoms with Gasteiger partial charge in [0.15, 0.2) is 0 Å². The molecule has 20 heavy (non-hydrogen) atoms. The van der Waals surface area contributed by atoms with Gasteiger partial charge in [-0.3, -0.25) is 14.9 Å². The molecule has 1 aromatic rings. The molecule has 0 spiro atoms. The second-order valence-corrected chi connectivity index (χ2v) is 4.86. The van der Waals surface area contributed by atoms with Gasteiger partial charge in [0, 0.05) is 18.7 Å². The molecule has 1 atom stereocenters. The van der Waals surface area contributed by atoms with Crippen LogP contribution in [0.3, 0.4) is 0 Å². The monoisotopic (exact) mass is 300 g/mol. The van der Waals surface area contributed by atoms with Gasteiger partial charge >= 0.3 is 0 Å². The number of aliphatic hydroxyl groups is 1. The second-order valence-electron chi connectivity index (χ2n) is 4.46. The van der Waals surface area contributed by atoms with E-state index in [1.807, 2.05) is 6.92 Å². The number of hydrogen-bond acceptors (Lipinski definition) is 4. The van der Waals surface area contributed by atoms with E-state index >= 15 is 0 Å². The zero-order chi connectivity index (χ0) is 15.1. The average molecular weight is 301 g/mol. The van der Waals surface area contributed by atoms with Crippen LogP contribution in [0.4, 0.5) is 5.69 Å². The highest BCUT2D eigenvalue weighted by molar-refractivity contribution is 6.31. The van der Waals surface area contributed by atoms with Crippen LogP contribution in [0.5, 0.6) is 0 Å². The number of rotatable bonds is 7. The number of carbonyl (C=O) groups excluding carboxylic acids is 1. The number of amides is 1. The molecule has 110 valence electrons. The van der Waals surface area contributed by atoms with Gasteiger partial charge in [-0.2, -0.15) is 0 Å². The molecule has 0 fully saturated rings. The summed E-state index contributed by atoms with van der Waals surface area (Å²) < 4.78 is 0. The molecule has 0 saturated carbocycles. The topological polar surface area (TPSA) is 92.5 Å². The number of aliphatic hydroxyl groups excluding tert-OH is 1. The first kappa shape index (κ1) is 16.4. The van der Waals surface area contributed by atoms with Crippen molar-refractivity contribution in [1.82, 2.24) is 5.32 Å². The number of nitrogens with one attached hydrogen (secondary N) is 1. The van der Waals surface area contributed by atoms with Gasteiger partial charge in [-0.25, -0.2) is 0 Å². The van der Waals surface area contributed by atoms with Crippen molar-refractivity contribution in [3.05, 3.63) is 38.9 Å². The van der Waals surface area contributed by atoms with E-state index in [1.54, 1.807) is 0 Å². The molecule has 0 radical (unpaired) electrons. The van der Waals surface area contributed by atoms with Crippen molar-refractivity contribution in [2.75, 3.05) is 6.54 Å². The molecule has 7 heteroatoms. The lowest BCUT2D eigenvalue weighted by Gasteiger charge is -2.11. The molecule has 0 aliphatic heterocycles. The van der Waals surface area contributed by atoms with E-state index in [9.17, 15) is 20.0 Å². The Morgan fingerprint density at radius 2 is 2.25 bits per heavy atom. The molecule has 1 aromatic carbocycles. The number of benzene rings is 1. The van der Waals surface area contributed by atoms with Crippen LogP contribution in [0.15, 0.2) is 18.2 Å². The molecule has 1 rings (SSSR count). The van der Waals surface area contributed by atoms with Crippen LogP contribution in [-0.4, -0.2) is 28.6 Å². The lowest BCUT2D eigenvalue weighted by atomic mass is 10.1. The molecule has 0 aliphatic carbocycles. The number of nitrogens with zero attached hydrogens (tertiary/aromatic N) is 1. The Balaban J connectivity index is 2.56.